The first-order chi connectivity index (χ1) is 4.66. The highest BCUT2D eigenvalue weighted by atomic mass is 14.1. The van der Waals surface area contributed by atoms with Crippen LogP contribution in [0.15, 0.2) is 0 Å². The fourth-order valence-corrected chi connectivity index (χ4v) is 1.11. The average Bonchev–Trinajstić information content (AvgIpc) is 1.85. The molecule has 0 heterocycles. The van der Waals surface area contributed by atoms with Crippen LogP contribution in [0.1, 0.15) is 46.5 Å². The Bertz CT molecular complexity index is 64.4. The summed E-state index contributed by atoms with van der Waals surface area (Å²) in [5, 5.41) is 0. The third-order valence-corrected chi connectivity index (χ3v) is 1.93. The van der Waals surface area contributed by atoms with E-state index in [9.17, 15) is 0 Å². The molecular formula is C10H21. The highest BCUT2D eigenvalue weighted by Crippen LogP contribution is 2.15. The van der Waals surface area contributed by atoms with Gasteiger partial charge in [-0.1, -0.05) is 53.4 Å². The summed E-state index contributed by atoms with van der Waals surface area (Å²) in [6, 6.07) is 0. The van der Waals surface area contributed by atoms with Crippen molar-refractivity contribution in [2.75, 3.05) is 0 Å². The first-order valence-electron chi connectivity index (χ1n) is 4.46. The third kappa shape index (κ3) is 6.12. The minimum Gasteiger partial charge on any atom is -0.0628 e. The van der Waals surface area contributed by atoms with E-state index in [0.29, 0.717) is 0 Å². The van der Waals surface area contributed by atoms with Crippen LogP contribution in [0.4, 0.5) is 0 Å². The summed E-state index contributed by atoms with van der Waals surface area (Å²) in [4.78, 5) is 0. The Morgan fingerprint density at radius 1 is 1.00 bits per heavy atom. The molecule has 0 aliphatic heterocycles. The van der Waals surface area contributed by atoms with Crippen LogP contribution in [0, 0.1) is 18.8 Å². The van der Waals surface area contributed by atoms with Gasteiger partial charge in [0.15, 0.2) is 0 Å². The molecule has 0 aromatic rings. The molecule has 0 aromatic carbocycles. The van der Waals surface area contributed by atoms with Crippen molar-refractivity contribution >= 4 is 0 Å². The smallest absolute Gasteiger partial charge is 0.0443 e. The lowest BCUT2D eigenvalue weighted by Gasteiger charge is -2.10. The maximum Gasteiger partial charge on any atom is -0.0443 e. The van der Waals surface area contributed by atoms with E-state index in [1.807, 2.05) is 0 Å². The third-order valence-electron chi connectivity index (χ3n) is 1.93. The summed E-state index contributed by atoms with van der Waals surface area (Å²) in [5.41, 5.74) is 0. The standard InChI is InChI=1S/C10H21/c1-5-6-10(4)8-7-9(2)3/h9-10H,1,5-8H2,2-4H3. The fourth-order valence-electron chi connectivity index (χ4n) is 1.11. The largest absolute Gasteiger partial charge is 0.0628 e. The van der Waals surface area contributed by atoms with Crippen LogP contribution in [0.3, 0.4) is 0 Å². The molecule has 0 heteroatoms. The molecule has 0 aliphatic carbocycles. The van der Waals surface area contributed by atoms with Gasteiger partial charge in [0, 0.05) is 0 Å². The quantitative estimate of drug-likeness (QED) is 0.548. The van der Waals surface area contributed by atoms with Gasteiger partial charge in [0.1, 0.15) is 0 Å². The maximum absolute atomic E-state index is 3.85. The lowest BCUT2D eigenvalue weighted by Crippen LogP contribution is -1.96. The SMILES string of the molecule is [CH2]CCC(C)CCC(C)C. The van der Waals surface area contributed by atoms with Gasteiger partial charge in [-0.25, -0.2) is 0 Å². The van der Waals surface area contributed by atoms with Gasteiger partial charge in [-0.05, 0) is 11.8 Å². The van der Waals surface area contributed by atoms with Gasteiger partial charge in [0.25, 0.3) is 0 Å². The van der Waals surface area contributed by atoms with E-state index < -0.39 is 0 Å². The molecule has 0 fully saturated rings. The zero-order chi connectivity index (χ0) is 7.98. The second-order valence-corrected chi connectivity index (χ2v) is 3.72. The molecule has 0 nitrogen and oxygen atoms in total. The summed E-state index contributed by atoms with van der Waals surface area (Å²) in [5.74, 6) is 1.76. The van der Waals surface area contributed by atoms with Gasteiger partial charge in [0.2, 0.25) is 0 Å². The van der Waals surface area contributed by atoms with Gasteiger partial charge in [-0.3, -0.25) is 0 Å². The summed E-state index contributed by atoms with van der Waals surface area (Å²) in [6.45, 7) is 10.8. The molecule has 0 saturated heterocycles. The van der Waals surface area contributed by atoms with Gasteiger partial charge >= 0.3 is 0 Å². The first kappa shape index (κ1) is 10.0. The zero-order valence-electron chi connectivity index (χ0n) is 7.69. The van der Waals surface area contributed by atoms with Crippen LogP contribution in [0.25, 0.3) is 0 Å². The Labute approximate surface area is 66.0 Å². The Morgan fingerprint density at radius 3 is 2.00 bits per heavy atom. The van der Waals surface area contributed by atoms with Crippen molar-refractivity contribution in [3.63, 3.8) is 0 Å². The zero-order valence-corrected chi connectivity index (χ0v) is 7.69. The summed E-state index contributed by atoms with van der Waals surface area (Å²) in [6.07, 6.45) is 5.15. The second-order valence-electron chi connectivity index (χ2n) is 3.72. The Hall–Kier alpha value is 0. The van der Waals surface area contributed by atoms with Crippen LogP contribution >= 0.6 is 0 Å². The number of hydrogen-bond acceptors (Lipinski definition) is 0. The van der Waals surface area contributed by atoms with E-state index in [-0.39, 0.29) is 0 Å². The molecule has 0 aliphatic rings. The van der Waals surface area contributed by atoms with Crippen molar-refractivity contribution in [3.05, 3.63) is 6.92 Å². The minimum atomic E-state index is 0.868. The second kappa shape index (κ2) is 5.76. The van der Waals surface area contributed by atoms with Gasteiger partial charge in [0.05, 0.1) is 0 Å². The van der Waals surface area contributed by atoms with Crippen LogP contribution in [-0.4, -0.2) is 0 Å². The predicted octanol–water partition coefficient (Wildman–Crippen LogP) is 3.67. The summed E-state index contributed by atoms with van der Waals surface area (Å²) < 4.78 is 0. The molecule has 0 saturated carbocycles. The van der Waals surface area contributed by atoms with Crippen molar-refractivity contribution in [2.24, 2.45) is 11.8 Å². The first-order valence-corrected chi connectivity index (χ1v) is 4.46. The molecule has 0 aromatic heterocycles. The highest BCUT2D eigenvalue weighted by Gasteiger charge is 2.01. The normalized spacial score (nSPS) is 14.1. The van der Waals surface area contributed by atoms with Gasteiger partial charge < -0.3 is 0 Å². The Kier molecular flexibility index (Phi) is 5.76. The molecule has 61 valence electrons. The molecule has 0 amide bonds. The molecule has 0 N–H and O–H groups in total. The van der Waals surface area contributed by atoms with Gasteiger partial charge in [-0.15, -0.1) is 0 Å². The molecule has 1 atom stereocenters. The van der Waals surface area contributed by atoms with Crippen molar-refractivity contribution in [2.45, 2.75) is 46.5 Å². The van der Waals surface area contributed by atoms with E-state index in [0.717, 1.165) is 18.3 Å². The lowest BCUT2D eigenvalue weighted by atomic mass is 9.96. The van der Waals surface area contributed by atoms with E-state index >= 15 is 0 Å². The van der Waals surface area contributed by atoms with Crippen LogP contribution in [0.2, 0.25) is 0 Å². The van der Waals surface area contributed by atoms with Crippen molar-refractivity contribution in [1.82, 2.24) is 0 Å². The van der Waals surface area contributed by atoms with Crippen LogP contribution < -0.4 is 0 Å². The Morgan fingerprint density at radius 2 is 1.60 bits per heavy atom. The summed E-state index contributed by atoms with van der Waals surface area (Å²) >= 11 is 0. The molecule has 0 bridgehead atoms. The lowest BCUT2D eigenvalue weighted by molar-refractivity contribution is 0.430. The molecular weight excluding hydrogens is 120 g/mol. The van der Waals surface area contributed by atoms with Crippen molar-refractivity contribution < 1.29 is 0 Å². The van der Waals surface area contributed by atoms with E-state index in [2.05, 4.69) is 27.7 Å². The number of rotatable bonds is 5. The predicted molar refractivity (Wildman–Crippen MR) is 47.8 cm³/mol. The highest BCUT2D eigenvalue weighted by molar-refractivity contribution is 4.56. The van der Waals surface area contributed by atoms with Crippen molar-refractivity contribution in [1.29, 1.82) is 0 Å². The summed E-state index contributed by atoms with van der Waals surface area (Å²) in [7, 11) is 0. The van der Waals surface area contributed by atoms with Crippen LogP contribution in [0.5, 0.6) is 0 Å². The van der Waals surface area contributed by atoms with Gasteiger partial charge in [-0.2, -0.15) is 0 Å². The van der Waals surface area contributed by atoms with Crippen LogP contribution in [-0.2, 0) is 0 Å². The molecule has 1 unspecified atom stereocenters. The monoisotopic (exact) mass is 141 g/mol. The molecule has 0 rings (SSSR count). The molecule has 0 spiro atoms. The Balaban J connectivity index is 3.12. The molecule has 1 radical (unpaired) electrons. The van der Waals surface area contributed by atoms with E-state index in [1.54, 1.807) is 0 Å². The minimum absolute atomic E-state index is 0.868. The number of hydrogen-bond donors (Lipinski definition) is 0. The average molecular weight is 141 g/mol. The van der Waals surface area contributed by atoms with E-state index in [4.69, 9.17) is 0 Å². The van der Waals surface area contributed by atoms with Crippen molar-refractivity contribution in [3.8, 4) is 0 Å². The topological polar surface area (TPSA) is 0 Å². The van der Waals surface area contributed by atoms with E-state index in [1.165, 1.54) is 19.3 Å². The molecule has 10 heavy (non-hydrogen) atoms. The maximum atomic E-state index is 3.85. The fraction of sp³-hybridized carbons (Fsp3) is 0.900.